The highest BCUT2D eigenvalue weighted by Crippen LogP contribution is 2.51. The molecule has 2 bridgehead atoms. The Hall–Kier alpha value is -3.95. The van der Waals surface area contributed by atoms with Crippen LogP contribution in [0.2, 0.25) is 0 Å². The number of nitrogens with one attached hydrogen (secondary N) is 1. The highest BCUT2D eigenvalue weighted by atomic mass is 31.2. The molecular weight excluding hydrogens is 671 g/mol. The molecule has 4 aromatic rings. The van der Waals surface area contributed by atoms with E-state index in [4.69, 9.17) is 39.5 Å². The Morgan fingerprint density at radius 3 is 2.67 bits per heavy atom. The Balaban J connectivity index is 1.12. The largest absolute Gasteiger partial charge is 0.472 e. The van der Waals surface area contributed by atoms with Gasteiger partial charge in [0, 0.05) is 18.9 Å². The van der Waals surface area contributed by atoms with Gasteiger partial charge in [0.1, 0.15) is 24.8 Å². The molecule has 0 spiro atoms. The van der Waals surface area contributed by atoms with Crippen molar-refractivity contribution in [1.29, 1.82) is 0 Å². The number of ether oxygens (including phenoxy) is 4. The topological polar surface area (TPSA) is 280 Å². The van der Waals surface area contributed by atoms with Crippen LogP contribution in [0.15, 0.2) is 40.4 Å². The number of rotatable bonds is 3. The number of benzene rings is 1. The van der Waals surface area contributed by atoms with Crippen molar-refractivity contribution in [2.75, 3.05) is 18.9 Å². The number of ketones is 1. The number of fused-ring (bicyclic) bond motifs is 6. The number of imidazole rings is 1. The van der Waals surface area contributed by atoms with Gasteiger partial charge in [-0.25, -0.2) is 14.5 Å². The third-order valence-electron chi connectivity index (χ3n) is 9.23. The lowest BCUT2D eigenvalue weighted by atomic mass is 10.0. The number of Topliss-reactive ketones (excluding diaryl/α,β-unsaturated/α-hetero) is 1. The molecule has 1 aromatic carbocycles. The van der Waals surface area contributed by atoms with Crippen LogP contribution in [0.25, 0.3) is 22.1 Å². The monoisotopic (exact) mass is 702 g/mol. The Morgan fingerprint density at radius 1 is 1.08 bits per heavy atom. The number of nitrogen functional groups attached to an aromatic ring is 1. The van der Waals surface area contributed by atoms with Gasteiger partial charge in [0.05, 0.1) is 42.7 Å². The van der Waals surface area contributed by atoms with Crippen LogP contribution in [-0.4, -0.2) is 94.4 Å². The van der Waals surface area contributed by atoms with Crippen molar-refractivity contribution < 1.29 is 47.4 Å². The molecule has 10 atom stereocenters. The molecule has 5 unspecified atom stereocenters. The molecule has 1 saturated carbocycles. The fourth-order valence-electron chi connectivity index (χ4n) is 6.73. The van der Waals surface area contributed by atoms with Crippen LogP contribution < -0.4 is 22.6 Å². The first-order valence-corrected chi connectivity index (χ1v) is 16.8. The molecule has 0 amide bonds. The lowest BCUT2D eigenvalue weighted by Crippen LogP contribution is -2.36. The number of phosphoric acid groups is 1. The van der Waals surface area contributed by atoms with Crippen LogP contribution in [0.4, 0.5) is 5.95 Å². The summed E-state index contributed by atoms with van der Waals surface area (Å²) in [6.07, 6.45) is -5.46. The lowest BCUT2D eigenvalue weighted by molar-refractivity contribution is -0.188. The molecule has 0 radical (unpaired) electrons. The van der Waals surface area contributed by atoms with E-state index in [2.05, 4.69) is 19.9 Å². The van der Waals surface area contributed by atoms with Crippen LogP contribution >= 0.6 is 7.82 Å². The number of aliphatic hydroxyl groups is 1. The normalized spacial score (nSPS) is 36.4. The minimum absolute atomic E-state index is 0.0109. The molecule has 3 saturated heterocycles. The van der Waals surface area contributed by atoms with Gasteiger partial charge in [-0.3, -0.25) is 37.5 Å². The molecule has 1 aliphatic carbocycles. The summed E-state index contributed by atoms with van der Waals surface area (Å²) in [6, 6.07) is 5.13. The second-order valence-electron chi connectivity index (χ2n) is 12.3. The summed E-state index contributed by atoms with van der Waals surface area (Å²) in [5, 5.41) is 11.4. The second-order valence-corrected chi connectivity index (χ2v) is 13.7. The number of carbonyl (C=O) groups excluding carboxylic acids is 1. The number of aromatic nitrogens is 6. The Kier molecular flexibility index (Phi) is 7.61. The van der Waals surface area contributed by atoms with Crippen LogP contribution in [0.1, 0.15) is 31.4 Å². The molecular formula is C28H31N8O12P. The van der Waals surface area contributed by atoms with Gasteiger partial charge in [-0.15, -0.1) is 0 Å². The maximum atomic E-state index is 13.7. The SMILES string of the molecule is CC1[C@H](n2cnc3cccc(CN)c3c2=O)O[C@@H]2COP(=O)(O)OC3C[C@@H](COC4(O)C(=O)C4O[C@@H]12)O[C@H]3n1cnc2c(=O)[nH]c(N)nc21. The molecule has 260 valence electrons. The predicted octanol–water partition coefficient (Wildman–Crippen LogP) is -1.05. The first-order valence-electron chi connectivity index (χ1n) is 15.3. The van der Waals surface area contributed by atoms with Crippen molar-refractivity contribution in [1.82, 2.24) is 29.1 Å². The molecule has 3 aromatic heterocycles. The number of hydrogen-bond acceptors (Lipinski definition) is 16. The van der Waals surface area contributed by atoms with Gasteiger partial charge in [0.25, 0.3) is 16.9 Å². The number of anilines is 1. The van der Waals surface area contributed by atoms with Gasteiger partial charge in [-0.05, 0) is 11.6 Å². The first kappa shape index (κ1) is 32.3. The van der Waals surface area contributed by atoms with Gasteiger partial charge in [-0.2, -0.15) is 4.98 Å². The summed E-state index contributed by atoms with van der Waals surface area (Å²) < 4.78 is 50.9. The van der Waals surface area contributed by atoms with E-state index in [9.17, 15) is 28.9 Å². The maximum absolute atomic E-state index is 13.7. The summed E-state index contributed by atoms with van der Waals surface area (Å²) in [6.45, 7) is 0.823. The highest BCUT2D eigenvalue weighted by molar-refractivity contribution is 7.47. The molecule has 3 aliphatic heterocycles. The fraction of sp³-hybridized carbons (Fsp3) is 0.500. The van der Waals surface area contributed by atoms with Gasteiger partial charge < -0.3 is 40.4 Å². The summed E-state index contributed by atoms with van der Waals surface area (Å²) in [5.41, 5.74) is 11.5. The van der Waals surface area contributed by atoms with E-state index in [1.54, 1.807) is 25.1 Å². The highest BCUT2D eigenvalue weighted by Gasteiger charge is 2.70. The Morgan fingerprint density at radius 2 is 1.88 bits per heavy atom. The van der Waals surface area contributed by atoms with Crippen molar-refractivity contribution in [2.45, 2.75) is 68.7 Å². The third-order valence-corrected chi connectivity index (χ3v) is 10.2. The zero-order valence-corrected chi connectivity index (χ0v) is 26.5. The second kappa shape index (κ2) is 11.6. The smallest absolute Gasteiger partial charge is 0.369 e. The van der Waals surface area contributed by atoms with Crippen molar-refractivity contribution in [3.05, 3.63) is 57.1 Å². The molecule has 7 N–H and O–H groups in total. The fourth-order valence-corrected chi connectivity index (χ4v) is 7.66. The quantitative estimate of drug-likeness (QED) is 0.159. The summed E-state index contributed by atoms with van der Waals surface area (Å²) >= 11 is 0. The number of aromatic amines is 1. The predicted molar refractivity (Wildman–Crippen MR) is 163 cm³/mol. The average molecular weight is 703 g/mol. The molecule has 21 heteroatoms. The number of hydrogen-bond donors (Lipinski definition) is 5. The van der Waals surface area contributed by atoms with E-state index < -0.39 is 86.0 Å². The molecule has 8 rings (SSSR count). The van der Waals surface area contributed by atoms with E-state index in [0.29, 0.717) is 16.5 Å². The zero-order valence-electron chi connectivity index (χ0n) is 25.6. The summed E-state index contributed by atoms with van der Waals surface area (Å²) in [4.78, 5) is 64.8. The number of carbonyl (C=O) groups is 1. The minimum Gasteiger partial charge on any atom is -0.369 e. The molecule has 6 heterocycles. The van der Waals surface area contributed by atoms with Gasteiger partial charge in [0.15, 0.2) is 23.5 Å². The van der Waals surface area contributed by atoms with Crippen LogP contribution in [0, 0.1) is 5.92 Å². The molecule has 4 aliphatic rings. The lowest BCUT2D eigenvalue weighted by Gasteiger charge is -2.25. The minimum atomic E-state index is -4.89. The molecule has 4 fully saturated rings. The number of phosphoric ester groups is 1. The zero-order chi connectivity index (χ0) is 34.4. The third kappa shape index (κ3) is 5.32. The Labute approximate surface area is 274 Å². The van der Waals surface area contributed by atoms with E-state index in [-0.39, 0.29) is 36.7 Å². The summed E-state index contributed by atoms with van der Waals surface area (Å²) in [7, 11) is -4.89. The van der Waals surface area contributed by atoms with Crippen molar-refractivity contribution in [3.8, 4) is 0 Å². The van der Waals surface area contributed by atoms with Crippen molar-refractivity contribution in [2.24, 2.45) is 11.7 Å². The average Bonchev–Trinajstić information content (AvgIpc) is 3.50. The number of H-pyrrole nitrogens is 1. The number of nitrogens with zero attached hydrogens (tertiary/aromatic N) is 5. The molecule has 20 nitrogen and oxygen atoms in total. The van der Waals surface area contributed by atoms with E-state index in [1.807, 2.05) is 0 Å². The van der Waals surface area contributed by atoms with Crippen LogP contribution in [0.3, 0.4) is 0 Å². The standard InChI is InChI=1S/C28H31N8O12P/c1-11-19-16(46-25(11)36-9-31-14-4-2-3-12(6-29)17(14)24(36)39)8-44-49(41,42)48-15-5-13(7-43-28(40)20(37)21(28)47-19)45-26(15)35-10-32-18-22(35)33-27(30)34-23(18)38/h2-4,9-11,13,15-16,19,21,25-26,40H,5-8,29H2,1H3,(H,41,42)(H3,30,33,34,38)/t11?,13-,15?,16+,19-,21?,25+,26+,28?/m0/s1. The molecule has 49 heavy (non-hydrogen) atoms. The first-order chi connectivity index (χ1) is 23.4. The van der Waals surface area contributed by atoms with E-state index >= 15 is 0 Å². The summed E-state index contributed by atoms with van der Waals surface area (Å²) in [5.74, 6) is -3.96. The van der Waals surface area contributed by atoms with Gasteiger partial charge in [-0.1, -0.05) is 19.1 Å². The Bertz CT molecular complexity index is 2160. The van der Waals surface area contributed by atoms with Gasteiger partial charge in [0.2, 0.25) is 11.7 Å². The van der Waals surface area contributed by atoms with Crippen molar-refractivity contribution >= 4 is 41.6 Å². The van der Waals surface area contributed by atoms with Crippen LogP contribution in [0.5, 0.6) is 0 Å². The van der Waals surface area contributed by atoms with Gasteiger partial charge >= 0.3 is 7.82 Å². The van der Waals surface area contributed by atoms with E-state index in [1.165, 1.54) is 21.8 Å². The maximum Gasteiger partial charge on any atom is 0.472 e. The van der Waals surface area contributed by atoms with Crippen molar-refractivity contribution in [3.63, 3.8) is 0 Å². The van der Waals surface area contributed by atoms with Crippen LogP contribution in [-0.2, 0) is 43.9 Å². The van der Waals surface area contributed by atoms with E-state index in [0.717, 1.165) is 0 Å². The number of nitrogens with two attached hydrogens (primary N) is 2.